The number of carbonyl (C=O) groups excluding carboxylic acids is 1. The first kappa shape index (κ1) is 13.6. The van der Waals surface area contributed by atoms with Gasteiger partial charge in [-0.1, -0.05) is 11.6 Å². The molecule has 1 heterocycles. The summed E-state index contributed by atoms with van der Waals surface area (Å²) in [6.07, 6.45) is -3.11. The van der Waals surface area contributed by atoms with Crippen molar-refractivity contribution in [1.82, 2.24) is 10.2 Å². The molecule has 0 bridgehead atoms. The quantitative estimate of drug-likeness (QED) is 0.635. The van der Waals surface area contributed by atoms with Crippen LogP contribution >= 0.6 is 11.6 Å². The number of rotatable bonds is 4. The zero-order chi connectivity index (χ0) is 13.0. The number of esters is 1. The van der Waals surface area contributed by atoms with E-state index in [0.717, 1.165) is 0 Å². The normalized spacial score (nSPS) is 14.1. The molecule has 0 aliphatic carbocycles. The molecule has 0 saturated carbocycles. The van der Waals surface area contributed by atoms with E-state index in [1.807, 2.05) is 0 Å². The molecule has 17 heavy (non-hydrogen) atoms. The van der Waals surface area contributed by atoms with Gasteiger partial charge >= 0.3 is 5.97 Å². The third-order valence-corrected chi connectivity index (χ3v) is 2.29. The number of nitrogen functional groups attached to an aromatic ring is 1. The molecule has 1 rings (SSSR count). The van der Waals surface area contributed by atoms with Gasteiger partial charge in [-0.15, -0.1) is 10.2 Å². The second-order valence-corrected chi connectivity index (χ2v) is 3.69. The van der Waals surface area contributed by atoms with Crippen molar-refractivity contribution in [2.24, 2.45) is 0 Å². The molecule has 0 aliphatic heterocycles. The molecule has 1 aromatic rings. The van der Waals surface area contributed by atoms with Crippen molar-refractivity contribution >= 4 is 23.4 Å². The monoisotopic (exact) mass is 261 g/mol. The van der Waals surface area contributed by atoms with Gasteiger partial charge in [0.2, 0.25) is 0 Å². The van der Waals surface area contributed by atoms with Crippen LogP contribution in [0.5, 0.6) is 0 Å². The molecule has 4 N–H and O–H groups in total. The lowest BCUT2D eigenvalue weighted by atomic mass is 10.0. The van der Waals surface area contributed by atoms with Crippen LogP contribution in [0.4, 0.5) is 5.82 Å². The van der Waals surface area contributed by atoms with E-state index in [1.165, 1.54) is 13.2 Å². The Morgan fingerprint density at radius 1 is 1.59 bits per heavy atom. The van der Waals surface area contributed by atoms with Crippen LogP contribution in [0.25, 0.3) is 0 Å². The van der Waals surface area contributed by atoms with Gasteiger partial charge in [-0.25, -0.2) is 0 Å². The van der Waals surface area contributed by atoms with Gasteiger partial charge in [-0.2, -0.15) is 0 Å². The fraction of sp³-hybridized carbons (Fsp3) is 0.444. The number of nitrogens with two attached hydrogens (primary N) is 1. The molecule has 8 heteroatoms. The number of aliphatic hydroxyl groups is 2. The van der Waals surface area contributed by atoms with Crippen molar-refractivity contribution in [1.29, 1.82) is 0 Å². The number of carbonyl (C=O) groups is 1. The Hall–Kier alpha value is -1.44. The Labute approximate surface area is 102 Å². The minimum atomic E-state index is -1.39. The van der Waals surface area contributed by atoms with Crippen LogP contribution in [0.3, 0.4) is 0 Å². The van der Waals surface area contributed by atoms with E-state index >= 15 is 0 Å². The molecule has 7 nitrogen and oxygen atoms in total. The molecule has 1 aromatic heterocycles. The fourth-order valence-corrected chi connectivity index (χ4v) is 1.36. The average Bonchev–Trinajstić information content (AvgIpc) is 2.31. The second kappa shape index (κ2) is 5.76. The number of hydrogen-bond donors (Lipinski definition) is 3. The van der Waals surface area contributed by atoms with Gasteiger partial charge in [-0.3, -0.25) is 4.79 Å². The lowest BCUT2D eigenvalue weighted by molar-refractivity contribution is -0.144. The molecule has 2 atom stereocenters. The standard InChI is InChI=1S/C9H12ClN3O4/c1-17-7(15)3-5(14)8(16)4-2-6(10)12-13-9(4)11/h2,5,8,14,16H,3H2,1H3,(H2,11,13). The summed E-state index contributed by atoms with van der Waals surface area (Å²) in [6.45, 7) is 0. The molecule has 0 aliphatic rings. The van der Waals surface area contributed by atoms with E-state index in [4.69, 9.17) is 17.3 Å². The smallest absolute Gasteiger partial charge is 0.308 e. The van der Waals surface area contributed by atoms with Crippen molar-refractivity contribution in [3.8, 4) is 0 Å². The number of methoxy groups -OCH3 is 1. The minimum Gasteiger partial charge on any atom is -0.469 e. The van der Waals surface area contributed by atoms with Gasteiger partial charge in [0.15, 0.2) is 11.0 Å². The lowest BCUT2D eigenvalue weighted by Crippen LogP contribution is -2.23. The maximum Gasteiger partial charge on any atom is 0.308 e. The van der Waals surface area contributed by atoms with Crippen LogP contribution in [-0.4, -0.2) is 39.6 Å². The predicted molar refractivity (Wildman–Crippen MR) is 59.1 cm³/mol. The molecule has 0 saturated heterocycles. The second-order valence-electron chi connectivity index (χ2n) is 3.30. The number of anilines is 1. The molecule has 0 radical (unpaired) electrons. The highest BCUT2D eigenvalue weighted by Gasteiger charge is 2.24. The predicted octanol–water partition coefficient (Wildman–Crippen LogP) is -0.330. The highest BCUT2D eigenvalue weighted by molar-refractivity contribution is 6.29. The summed E-state index contributed by atoms with van der Waals surface area (Å²) in [5.74, 6) is -0.714. The minimum absolute atomic E-state index is 0.0264. The number of hydrogen-bond acceptors (Lipinski definition) is 7. The third kappa shape index (κ3) is 3.52. The number of halogens is 1. The first-order chi connectivity index (χ1) is 7.95. The van der Waals surface area contributed by atoms with Gasteiger partial charge in [0.05, 0.1) is 19.6 Å². The van der Waals surface area contributed by atoms with Crippen LogP contribution in [0, 0.1) is 0 Å². The summed E-state index contributed by atoms with van der Waals surface area (Å²) in [4.78, 5) is 10.9. The Morgan fingerprint density at radius 3 is 2.82 bits per heavy atom. The number of aliphatic hydroxyl groups excluding tert-OH is 2. The molecule has 0 spiro atoms. The summed E-state index contributed by atoms with van der Waals surface area (Å²) in [6, 6.07) is 1.27. The summed E-state index contributed by atoms with van der Waals surface area (Å²) in [5.41, 5.74) is 5.58. The summed E-state index contributed by atoms with van der Waals surface area (Å²) < 4.78 is 4.37. The first-order valence-electron chi connectivity index (χ1n) is 4.67. The first-order valence-corrected chi connectivity index (χ1v) is 5.05. The number of ether oxygens (including phenoxy) is 1. The molecule has 94 valence electrons. The lowest BCUT2D eigenvalue weighted by Gasteiger charge is -2.17. The molecule has 0 fully saturated rings. The largest absolute Gasteiger partial charge is 0.469 e. The van der Waals surface area contributed by atoms with Gasteiger partial charge in [0.1, 0.15) is 6.10 Å². The third-order valence-electron chi connectivity index (χ3n) is 2.11. The van der Waals surface area contributed by atoms with Gasteiger partial charge in [0.25, 0.3) is 0 Å². The maximum atomic E-state index is 10.9. The van der Waals surface area contributed by atoms with Crippen molar-refractivity contribution in [2.45, 2.75) is 18.6 Å². The zero-order valence-electron chi connectivity index (χ0n) is 9.00. The van der Waals surface area contributed by atoms with E-state index in [9.17, 15) is 15.0 Å². The van der Waals surface area contributed by atoms with Crippen molar-refractivity contribution in [2.75, 3.05) is 12.8 Å². The van der Waals surface area contributed by atoms with Gasteiger partial charge < -0.3 is 20.7 Å². The van der Waals surface area contributed by atoms with Crippen molar-refractivity contribution < 1.29 is 19.7 Å². The molecule has 0 aromatic carbocycles. The van der Waals surface area contributed by atoms with Gasteiger partial charge in [0, 0.05) is 5.56 Å². The zero-order valence-corrected chi connectivity index (χ0v) is 9.76. The van der Waals surface area contributed by atoms with Crippen LogP contribution in [0.1, 0.15) is 18.1 Å². The van der Waals surface area contributed by atoms with E-state index in [2.05, 4.69) is 14.9 Å². The summed E-state index contributed by atoms with van der Waals surface area (Å²) in [5, 5.41) is 26.3. The fourth-order valence-electron chi connectivity index (χ4n) is 1.20. The highest BCUT2D eigenvalue weighted by Crippen LogP contribution is 2.24. The Bertz CT molecular complexity index is 415. The molecular formula is C9H12ClN3O4. The summed E-state index contributed by atoms with van der Waals surface area (Å²) >= 11 is 5.59. The maximum absolute atomic E-state index is 10.9. The van der Waals surface area contributed by atoms with Crippen LogP contribution in [0.2, 0.25) is 5.15 Å². The van der Waals surface area contributed by atoms with Gasteiger partial charge in [-0.05, 0) is 6.07 Å². The Morgan fingerprint density at radius 2 is 2.24 bits per heavy atom. The van der Waals surface area contributed by atoms with Crippen molar-refractivity contribution in [3.63, 3.8) is 0 Å². The Balaban J connectivity index is 2.84. The van der Waals surface area contributed by atoms with E-state index in [-0.39, 0.29) is 23.0 Å². The Kier molecular flexibility index (Phi) is 4.62. The number of nitrogens with zero attached hydrogens (tertiary/aromatic N) is 2. The van der Waals surface area contributed by atoms with E-state index in [0.29, 0.717) is 0 Å². The van der Waals surface area contributed by atoms with E-state index in [1.54, 1.807) is 0 Å². The topological polar surface area (TPSA) is 119 Å². The van der Waals surface area contributed by atoms with E-state index < -0.39 is 18.2 Å². The number of aromatic nitrogens is 2. The highest BCUT2D eigenvalue weighted by atomic mass is 35.5. The molecular weight excluding hydrogens is 250 g/mol. The summed E-state index contributed by atoms with van der Waals surface area (Å²) in [7, 11) is 1.18. The SMILES string of the molecule is COC(=O)CC(O)C(O)c1cc(Cl)nnc1N. The molecule has 2 unspecified atom stereocenters. The van der Waals surface area contributed by atoms with Crippen LogP contribution < -0.4 is 5.73 Å². The average molecular weight is 262 g/mol. The van der Waals surface area contributed by atoms with Crippen molar-refractivity contribution in [3.05, 3.63) is 16.8 Å². The van der Waals surface area contributed by atoms with Crippen LogP contribution in [-0.2, 0) is 9.53 Å². The van der Waals surface area contributed by atoms with Crippen LogP contribution in [0.15, 0.2) is 6.07 Å². The molecule has 0 amide bonds.